The molecule has 360 valence electrons. The molecule has 1 aliphatic carbocycles. The molecule has 1 fully saturated rings. The molecule has 1 aliphatic rings. The number of aliphatic hydroxyl groups excluding tert-OH is 1. The molecule has 0 radical (unpaired) electrons. The van der Waals surface area contributed by atoms with Crippen LogP contribution in [0.1, 0.15) is 132 Å². The Morgan fingerprint density at radius 3 is 2.07 bits per heavy atom. The molecule has 0 aliphatic heterocycles. The van der Waals surface area contributed by atoms with Crippen LogP contribution in [0.4, 0.5) is 0 Å². The summed E-state index contributed by atoms with van der Waals surface area (Å²) in [4.78, 5) is 43.7. The van der Waals surface area contributed by atoms with Gasteiger partial charge in [-0.15, -0.1) is 10.2 Å². The summed E-state index contributed by atoms with van der Waals surface area (Å²) in [5.74, 6) is -0.870. The van der Waals surface area contributed by atoms with Crippen LogP contribution in [0.5, 0.6) is 0 Å². The minimum Gasteiger partial charge on any atom is -0.391 e. The van der Waals surface area contributed by atoms with Crippen LogP contribution in [0.2, 0.25) is 0 Å². The van der Waals surface area contributed by atoms with Gasteiger partial charge in [0.05, 0.1) is 35.6 Å². The normalized spacial score (nSPS) is 15.2. The number of nitrogens with one attached hydrogen (secondary N) is 2. The van der Waals surface area contributed by atoms with Gasteiger partial charge in [-0.3, -0.25) is 19.0 Å². The fourth-order valence-electron chi connectivity index (χ4n) is 10.4. The maximum atomic E-state index is 15.6. The van der Waals surface area contributed by atoms with Crippen LogP contribution in [0.25, 0.3) is 16.9 Å². The SMILES string of the molecule is CCCCNC(=O)[C@@H](C[C@H](O)[C@H](CC1CCCCC1)NC(=O)C(Cc1cn(C(c2ccccc2)(c2ccccc2)c2ccccc2)cn1)c1nnc2c(CCC)nc(-c3cccnc3)cn12)C(C)C. The Kier molecular flexibility index (Phi) is 16.4. The molecule has 0 saturated heterocycles. The fraction of sp³-hybridized carbons (Fsp3) is 0.421. The molecule has 8 rings (SSSR count). The number of benzene rings is 3. The van der Waals surface area contributed by atoms with Crippen molar-refractivity contribution >= 4 is 17.5 Å². The summed E-state index contributed by atoms with van der Waals surface area (Å²) in [7, 11) is 0. The second-order valence-corrected chi connectivity index (χ2v) is 19.3. The molecule has 1 saturated carbocycles. The molecule has 12 heteroatoms. The lowest BCUT2D eigenvalue weighted by molar-refractivity contribution is -0.128. The number of carbonyl (C=O) groups is 2. The summed E-state index contributed by atoms with van der Waals surface area (Å²) in [5.41, 5.74) is 5.95. The molecule has 69 heavy (non-hydrogen) atoms. The highest BCUT2D eigenvalue weighted by Crippen LogP contribution is 2.41. The molecule has 12 nitrogen and oxygen atoms in total. The van der Waals surface area contributed by atoms with Gasteiger partial charge in [0, 0.05) is 49.2 Å². The van der Waals surface area contributed by atoms with Crippen molar-refractivity contribution in [3.8, 4) is 11.3 Å². The van der Waals surface area contributed by atoms with Crippen molar-refractivity contribution in [1.29, 1.82) is 0 Å². The lowest BCUT2D eigenvalue weighted by atomic mass is 9.77. The summed E-state index contributed by atoms with van der Waals surface area (Å²) in [6, 6.07) is 34.6. The van der Waals surface area contributed by atoms with Crippen LogP contribution in [-0.2, 0) is 28.0 Å². The van der Waals surface area contributed by atoms with E-state index in [0.717, 1.165) is 72.9 Å². The van der Waals surface area contributed by atoms with Gasteiger partial charge >= 0.3 is 0 Å². The van der Waals surface area contributed by atoms with E-state index in [4.69, 9.17) is 20.2 Å². The first-order valence-corrected chi connectivity index (χ1v) is 25.3. The molecule has 3 N–H and O–H groups in total. The first kappa shape index (κ1) is 48.9. The zero-order chi connectivity index (χ0) is 48.2. The van der Waals surface area contributed by atoms with Gasteiger partial charge < -0.3 is 20.3 Å². The second kappa shape index (κ2) is 23.2. The molecular weight excluding hydrogens is 859 g/mol. The summed E-state index contributed by atoms with van der Waals surface area (Å²) in [5, 5.41) is 28.4. The van der Waals surface area contributed by atoms with E-state index in [-0.39, 0.29) is 30.6 Å². The number of pyridine rings is 1. The largest absolute Gasteiger partial charge is 0.391 e. The highest BCUT2D eigenvalue weighted by molar-refractivity contribution is 5.84. The molecule has 0 spiro atoms. The van der Waals surface area contributed by atoms with Gasteiger partial charge in [-0.05, 0) is 66.3 Å². The molecule has 1 unspecified atom stereocenters. The van der Waals surface area contributed by atoms with Gasteiger partial charge in [-0.2, -0.15) is 0 Å². The van der Waals surface area contributed by atoms with Crippen molar-refractivity contribution in [2.45, 2.75) is 128 Å². The Morgan fingerprint density at radius 1 is 0.812 bits per heavy atom. The summed E-state index contributed by atoms with van der Waals surface area (Å²) in [6.45, 7) is 8.86. The number of amides is 2. The number of imidazole rings is 1. The van der Waals surface area contributed by atoms with E-state index in [2.05, 4.69) is 113 Å². The van der Waals surface area contributed by atoms with E-state index in [0.29, 0.717) is 48.2 Å². The Bertz CT molecular complexity index is 2600. The number of hydrogen-bond donors (Lipinski definition) is 3. The van der Waals surface area contributed by atoms with Gasteiger partial charge in [0.15, 0.2) is 5.65 Å². The van der Waals surface area contributed by atoms with Crippen LogP contribution >= 0.6 is 0 Å². The Hall–Kier alpha value is -6.53. The summed E-state index contributed by atoms with van der Waals surface area (Å²) >= 11 is 0. The van der Waals surface area contributed by atoms with Crippen molar-refractivity contribution in [3.05, 3.63) is 168 Å². The van der Waals surface area contributed by atoms with E-state index in [1.54, 1.807) is 12.4 Å². The Balaban J connectivity index is 1.23. The maximum absolute atomic E-state index is 15.6. The van der Waals surface area contributed by atoms with Gasteiger partial charge in [0.25, 0.3) is 0 Å². The average molecular weight is 928 g/mol. The molecule has 0 bridgehead atoms. The van der Waals surface area contributed by atoms with E-state index < -0.39 is 29.5 Å². The van der Waals surface area contributed by atoms with Crippen molar-refractivity contribution in [3.63, 3.8) is 0 Å². The minimum atomic E-state index is -0.962. The number of aryl methyl sites for hydroxylation is 1. The number of unbranched alkanes of at least 4 members (excludes halogenated alkanes) is 1. The third kappa shape index (κ3) is 11.2. The Morgan fingerprint density at radius 2 is 1.48 bits per heavy atom. The first-order valence-electron chi connectivity index (χ1n) is 25.3. The van der Waals surface area contributed by atoms with Crippen LogP contribution in [0.15, 0.2) is 134 Å². The standard InChI is InChI=1S/C57H69N9O3/c1-5-7-32-59-55(68)47(40(3)4)35-52(67)50(33-41-22-12-8-13-23-41)62-56(69)48(53-63-64-54-49(21-6-2)61-51(38-66(53)54)42-24-20-31-58-36-42)34-46-37-65(39-60-46)57(43-25-14-9-15-26-43,44-27-16-10-17-28-44)45-29-18-11-19-30-45/h9-11,14-20,24-31,36-41,47-48,50,52,67H,5-8,12-13,21-23,32-35H2,1-4H3,(H,59,68)(H,62,69)/t47-,48?,50-,52-/m0/s1. The molecule has 3 aromatic carbocycles. The number of fused-ring (bicyclic) bond motifs is 1. The van der Waals surface area contributed by atoms with Crippen molar-refractivity contribution < 1.29 is 14.7 Å². The lowest BCUT2D eigenvalue weighted by Crippen LogP contribution is -2.49. The van der Waals surface area contributed by atoms with Gasteiger partial charge in [0.2, 0.25) is 11.8 Å². The molecule has 4 atom stereocenters. The molecule has 4 heterocycles. The second-order valence-electron chi connectivity index (χ2n) is 19.3. The predicted octanol–water partition coefficient (Wildman–Crippen LogP) is 9.90. The highest BCUT2D eigenvalue weighted by atomic mass is 16.3. The van der Waals surface area contributed by atoms with Gasteiger partial charge in [0.1, 0.15) is 17.3 Å². The topological polar surface area (TPSA) is 152 Å². The molecular formula is C57H69N9O3. The van der Waals surface area contributed by atoms with E-state index in [9.17, 15) is 9.90 Å². The van der Waals surface area contributed by atoms with Crippen LogP contribution < -0.4 is 10.6 Å². The number of rotatable bonds is 22. The smallest absolute Gasteiger partial charge is 0.231 e. The number of aromatic nitrogens is 7. The van der Waals surface area contributed by atoms with E-state index in [1.807, 2.05) is 61.1 Å². The monoisotopic (exact) mass is 928 g/mol. The number of nitrogens with zero attached hydrogens (tertiary/aromatic N) is 7. The van der Waals surface area contributed by atoms with Crippen molar-refractivity contribution in [2.75, 3.05) is 6.54 Å². The third-order valence-corrected chi connectivity index (χ3v) is 14.1. The predicted molar refractivity (Wildman–Crippen MR) is 271 cm³/mol. The van der Waals surface area contributed by atoms with Crippen molar-refractivity contribution in [1.82, 2.24) is 44.8 Å². The van der Waals surface area contributed by atoms with Crippen molar-refractivity contribution in [2.24, 2.45) is 17.8 Å². The van der Waals surface area contributed by atoms with Gasteiger partial charge in [-0.25, -0.2) is 9.97 Å². The lowest BCUT2D eigenvalue weighted by Gasteiger charge is -2.37. The number of hydrogen-bond acceptors (Lipinski definition) is 8. The zero-order valence-corrected chi connectivity index (χ0v) is 40.8. The van der Waals surface area contributed by atoms with Gasteiger partial charge in [-0.1, -0.05) is 164 Å². The van der Waals surface area contributed by atoms with E-state index >= 15 is 4.79 Å². The van der Waals surface area contributed by atoms with Crippen LogP contribution in [0.3, 0.4) is 0 Å². The molecule has 4 aromatic heterocycles. The van der Waals surface area contributed by atoms with E-state index in [1.165, 1.54) is 6.42 Å². The third-order valence-electron chi connectivity index (χ3n) is 14.1. The quantitative estimate of drug-likeness (QED) is 0.0449. The Labute approximate surface area is 407 Å². The minimum absolute atomic E-state index is 0.00719. The fourth-order valence-corrected chi connectivity index (χ4v) is 10.4. The summed E-state index contributed by atoms with van der Waals surface area (Å²) < 4.78 is 4.09. The first-order chi connectivity index (χ1) is 33.7. The van der Waals surface area contributed by atoms with Crippen LogP contribution in [0, 0.1) is 17.8 Å². The van der Waals surface area contributed by atoms with Crippen LogP contribution in [-0.4, -0.2) is 69.7 Å². The molecule has 2 amide bonds. The maximum Gasteiger partial charge on any atom is 0.231 e. The number of aliphatic hydroxyl groups is 1. The number of carbonyl (C=O) groups excluding carboxylic acids is 2. The zero-order valence-electron chi connectivity index (χ0n) is 40.8. The average Bonchev–Trinajstić information content (AvgIpc) is 4.04. The molecule has 7 aromatic rings. The summed E-state index contributed by atoms with van der Waals surface area (Å²) in [6.07, 6.45) is 18.3. The highest BCUT2D eigenvalue weighted by Gasteiger charge is 2.40.